The number of hydrogen-bond acceptors (Lipinski definition) is 3. The molecule has 1 amide bonds. The molecule has 1 saturated carbocycles. The Hall–Kier alpha value is -3.08. The van der Waals surface area contributed by atoms with E-state index in [0.717, 1.165) is 31.4 Å². The van der Waals surface area contributed by atoms with Gasteiger partial charge < -0.3 is 14.7 Å². The van der Waals surface area contributed by atoms with Crippen LogP contribution in [0.1, 0.15) is 49.3 Å². The molecule has 0 bridgehead atoms. The number of carboxylic acid groups (broad SMARTS) is 1. The zero-order valence-electron chi connectivity index (χ0n) is 17.5. The number of carbonyl (C=O) groups is 1. The topological polar surface area (TPSA) is 62.7 Å². The van der Waals surface area contributed by atoms with Crippen molar-refractivity contribution in [1.29, 1.82) is 0 Å². The Labute approximate surface area is 181 Å². The Balaban J connectivity index is 1.26. The first-order chi connectivity index (χ1) is 15.1. The summed E-state index contributed by atoms with van der Waals surface area (Å²) < 4.78 is 6.47. The van der Waals surface area contributed by atoms with Crippen LogP contribution < -0.4 is 4.74 Å². The van der Waals surface area contributed by atoms with Gasteiger partial charge in [-0.15, -0.1) is 0 Å². The molecule has 1 aliphatic carbocycles. The summed E-state index contributed by atoms with van der Waals surface area (Å²) in [5, 5.41) is 11.8. The number of nitrogens with zero attached hydrogens (tertiary/aromatic N) is 2. The van der Waals surface area contributed by atoms with Crippen molar-refractivity contribution in [3.8, 4) is 16.9 Å². The van der Waals surface area contributed by atoms with Crippen molar-refractivity contribution in [2.75, 3.05) is 13.1 Å². The van der Waals surface area contributed by atoms with Gasteiger partial charge in [0.15, 0.2) is 0 Å². The first-order valence-corrected chi connectivity index (χ1v) is 11.3. The van der Waals surface area contributed by atoms with Crippen molar-refractivity contribution in [2.45, 2.75) is 50.0 Å². The van der Waals surface area contributed by atoms with Crippen LogP contribution in [0.5, 0.6) is 5.75 Å². The molecule has 6 rings (SSSR count). The predicted octanol–water partition coefficient (Wildman–Crippen LogP) is 5.62. The monoisotopic (exact) mass is 414 g/mol. The van der Waals surface area contributed by atoms with Crippen LogP contribution in [0, 0.1) is 0 Å². The highest BCUT2D eigenvalue weighted by molar-refractivity contribution is 5.89. The molecule has 3 aliphatic rings. The third-order valence-corrected chi connectivity index (χ3v) is 7.27. The van der Waals surface area contributed by atoms with Crippen LogP contribution in [0.15, 0.2) is 48.7 Å². The maximum Gasteiger partial charge on any atom is 0.407 e. The molecular weight excluding hydrogens is 388 g/mol. The fourth-order valence-electron chi connectivity index (χ4n) is 5.22. The number of benzene rings is 2. The van der Waals surface area contributed by atoms with Crippen molar-refractivity contribution < 1.29 is 14.6 Å². The summed E-state index contributed by atoms with van der Waals surface area (Å²) in [5.74, 6) is 1.60. The van der Waals surface area contributed by atoms with Crippen LogP contribution in [0.25, 0.3) is 21.9 Å². The lowest BCUT2D eigenvalue weighted by Gasteiger charge is -2.44. The number of rotatable bonds is 2. The predicted molar refractivity (Wildman–Crippen MR) is 120 cm³/mol. The lowest BCUT2D eigenvalue weighted by molar-refractivity contribution is -0.0103. The standard InChI is InChI=1S/C26H26N2O3/c29-25(30)28-13-10-26(11-14-28)9-7-21-16-19(4-6-23(21)31-26)18-3-5-22-20(15-18)8-12-27-24(22)17-1-2-17/h3-6,8,12,15-17H,1-2,7,9-11,13-14H2,(H,29,30). The molecule has 158 valence electrons. The maximum atomic E-state index is 11.2. The normalized spacial score (nSPS) is 19.8. The molecule has 0 unspecified atom stereocenters. The summed E-state index contributed by atoms with van der Waals surface area (Å²) in [4.78, 5) is 17.3. The van der Waals surface area contributed by atoms with Gasteiger partial charge >= 0.3 is 6.09 Å². The lowest BCUT2D eigenvalue weighted by Crippen LogP contribution is -2.50. The second kappa shape index (κ2) is 6.98. The number of aryl methyl sites for hydroxylation is 1. The molecule has 1 aromatic heterocycles. The SMILES string of the molecule is O=C(O)N1CCC2(CCc3cc(-c4ccc5c(C6CC6)nccc5c4)ccc3O2)CC1. The minimum Gasteiger partial charge on any atom is -0.487 e. The van der Waals surface area contributed by atoms with E-state index in [0.29, 0.717) is 19.0 Å². The van der Waals surface area contributed by atoms with Gasteiger partial charge in [0.1, 0.15) is 11.4 Å². The summed E-state index contributed by atoms with van der Waals surface area (Å²) >= 11 is 0. The van der Waals surface area contributed by atoms with E-state index in [1.807, 2.05) is 6.20 Å². The van der Waals surface area contributed by atoms with E-state index in [-0.39, 0.29) is 5.60 Å². The minimum atomic E-state index is -0.828. The van der Waals surface area contributed by atoms with Gasteiger partial charge in [-0.25, -0.2) is 4.79 Å². The molecule has 0 radical (unpaired) electrons. The number of hydrogen-bond donors (Lipinski definition) is 1. The highest BCUT2D eigenvalue weighted by Crippen LogP contribution is 2.43. The molecule has 3 aromatic rings. The molecule has 2 aromatic carbocycles. The van der Waals surface area contributed by atoms with E-state index in [1.165, 1.54) is 50.9 Å². The van der Waals surface area contributed by atoms with Crippen molar-refractivity contribution >= 4 is 16.9 Å². The Bertz CT molecular complexity index is 1180. The van der Waals surface area contributed by atoms with Gasteiger partial charge in [0.25, 0.3) is 0 Å². The Morgan fingerprint density at radius 1 is 1.03 bits per heavy atom. The minimum absolute atomic E-state index is 0.213. The van der Waals surface area contributed by atoms with Crippen LogP contribution in [0.2, 0.25) is 0 Å². The van der Waals surface area contributed by atoms with E-state index >= 15 is 0 Å². The molecule has 1 N–H and O–H groups in total. The van der Waals surface area contributed by atoms with E-state index in [4.69, 9.17) is 4.74 Å². The summed E-state index contributed by atoms with van der Waals surface area (Å²) in [6, 6.07) is 15.3. The van der Waals surface area contributed by atoms with E-state index in [9.17, 15) is 9.90 Å². The van der Waals surface area contributed by atoms with Gasteiger partial charge in [0.05, 0.1) is 5.69 Å². The summed E-state index contributed by atoms with van der Waals surface area (Å²) in [6.07, 6.45) is 7.08. The van der Waals surface area contributed by atoms with Gasteiger partial charge in [-0.2, -0.15) is 0 Å². The quantitative estimate of drug-likeness (QED) is 0.591. The van der Waals surface area contributed by atoms with Gasteiger partial charge in [-0.05, 0) is 72.0 Å². The number of piperidine rings is 1. The zero-order valence-corrected chi connectivity index (χ0v) is 17.5. The zero-order chi connectivity index (χ0) is 21.0. The summed E-state index contributed by atoms with van der Waals surface area (Å²) in [6.45, 7) is 1.11. The second-order valence-corrected chi connectivity index (χ2v) is 9.28. The summed E-state index contributed by atoms with van der Waals surface area (Å²) in [7, 11) is 0. The third kappa shape index (κ3) is 3.32. The molecule has 3 heterocycles. The smallest absolute Gasteiger partial charge is 0.407 e. The molecule has 0 atom stereocenters. The van der Waals surface area contributed by atoms with E-state index in [1.54, 1.807) is 0 Å². The molecule has 2 fully saturated rings. The molecule has 2 aliphatic heterocycles. The van der Waals surface area contributed by atoms with Crippen LogP contribution in [0.3, 0.4) is 0 Å². The van der Waals surface area contributed by atoms with Gasteiger partial charge in [-0.3, -0.25) is 4.98 Å². The number of amides is 1. The van der Waals surface area contributed by atoms with Crippen molar-refractivity contribution in [3.05, 3.63) is 59.9 Å². The fourth-order valence-corrected chi connectivity index (χ4v) is 5.22. The van der Waals surface area contributed by atoms with Crippen LogP contribution >= 0.6 is 0 Å². The molecule has 5 nitrogen and oxygen atoms in total. The van der Waals surface area contributed by atoms with Gasteiger partial charge in [0.2, 0.25) is 0 Å². The fraction of sp³-hybridized carbons (Fsp3) is 0.385. The third-order valence-electron chi connectivity index (χ3n) is 7.27. The number of ether oxygens (including phenoxy) is 1. The van der Waals surface area contributed by atoms with E-state index in [2.05, 4.69) is 47.4 Å². The van der Waals surface area contributed by atoms with Crippen molar-refractivity contribution in [3.63, 3.8) is 0 Å². The lowest BCUT2D eigenvalue weighted by atomic mass is 9.82. The van der Waals surface area contributed by atoms with Gasteiger partial charge in [0, 0.05) is 43.4 Å². The molecular formula is C26H26N2O3. The summed E-state index contributed by atoms with van der Waals surface area (Å²) in [5.41, 5.74) is 4.72. The highest BCUT2D eigenvalue weighted by Gasteiger charge is 2.40. The highest BCUT2D eigenvalue weighted by atomic mass is 16.5. The Morgan fingerprint density at radius 3 is 2.58 bits per heavy atom. The molecule has 1 spiro atoms. The first-order valence-electron chi connectivity index (χ1n) is 11.3. The first kappa shape index (κ1) is 18.7. The molecule has 5 heteroatoms. The largest absolute Gasteiger partial charge is 0.487 e. The van der Waals surface area contributed by atoms with E-state index < -0.39 is 6.09 Å². The van der Waals surface area contributed by atoms with Crippen molar-refractivity contribution in [2.24, 2.45) is 0 Å². The number of likely N-dealkylation sites (tertiary alicyclic amines) is 1. The van der Waals surface area contributed by atoms with Crippen LogP contribution in [0.4, 0.5) is 4.79 Å². The average Bonchev–Trinajstić information content (AvgIpc) is 3.64. The maximum absolute atomic E-state index is 11.2. The number of pyridine rings is 1. The average molecular weight is 415 g/mol. The Morgan fingerprint density at radius 2 is 1.81 bits per heavy atom. The van der Waals surface area contributed by atoms with Crippen LogP contribution in [-0.4, -0.2) is 39.8 Å². The Kier molecular flexibility index (Phi) is 4.20. The van der Waals surface area contributed by atoms with Crippen LogP contribution in [-0.2, 0) is 6.42 Å². The van der Waals surface area contributed by atoms with Gasteiger partial charge in [-0.1, -0.05) is 18.2 Å². The number of fused-ring (bicyclic) bond motifs is 2. The van der Waals surface area contributed by atoms with Crippen molar-refractivity contribution in [1.82, 2.24) is 9.88 Å². The molecule has 1 saturated heterocycles. The second-order valence-electron chi connectivity index (χ2n) is 9.28. The molecule has 31 heavy (non-hydrogen) atoms. The number of aromatic nitrogens is 1.